The number of nitrogens with one attached hydrogen (secondary N) is 2. The van der Waals surface area contributed by atoms with Crippen LogP contribution in [0.3, 0.4) is 0 Å². The van der Waals surface area contributed by atoms with Crippen LogP contribution in [0.25, 0.3) is 0 Å². The molecule has 1 aliphatic carbocycles. The highest BCUT2D eigenvalue weighted by Gasteiger charge is 2.17. The number of allylic oxidation sites excluding steroid dienone is 3. The van der Waals surface area contributed by atoms with E-state index >= 15 is 0 Å². The van der Waals surface area contributed by atoms with Crippen LogP contribution in [0.1, 0.15) is 45.4 Å². The number of nitrogens with zero attached hydrogens (tertiary/aromatic N) is 3. The molecule has 2 aliphatic rings. The molecule has 0 radical (unpaired) electrons. The van der Waals surface area contributed by atoms with E-state index in [1.54, 1.807) is 19.2 Å². The summed E-state index contributed by atoms with van der Waals surface area (Å²) in [5.41, 5.74) is 0.734. The number of benzene rings is 1. The summed E-state index contributed by atoms with van der Waals surface area (Å²) in [4.78, 5) is 13.5. The average Bonchev–Trinajstić information content (AvgIpc) is 3.06. The Bertz CT molecular complexity index is 1010. The summed E-state index contributed by atoms with van der Waals surface area (Å²) >= 11 is 6.27. The number of methoxy groups -OCH3 is 1. The predicted molar refractivity (Wildman–Crippen MR) is 129 cm³/mol. The van der Waals surface area contributed by atoms with E-state index in [1.807, 2.05) is 31.2 Å². The topological polar surface area (TPSA) is 90.4 Å². The van der Waals surface area contributed by atoms with Crippen LogP contribution in [0.15, 0.2) is 42.2 Å². The van der Waals surface area contributed by atoms with Gasteiger partial charge in [0.25, 0.3) is 0 Å². The van der Waals surface area contributed by atoms with E-state index in [0.717, 1.165) is 24.3 Å². The lowest BCUT2D eigenvalue weighted by molar-refractivity contribution is 0.0958. The monoisotopic (exact) mass is 471 g/mol. The summed E-state index contributed by atoms with van der Waals surface area (Å²) in [7, 11) is 1.58. The van der Waals surface area contributed by atoms with Gasteiger partial charge in [-0.05, 0) is 50.1 Å². The number of anilines is 3. The van der Waals surface area contributed by atoms with Crippen molar-refractivity contribution in [2.75, 3.05) is 24.4 Å². The largest absolute Gasteiger partial charge is 0.495 e. The van der Waals surface area contributed by atoms with Crippen molar-refractivity contribution in [1.29, 1.82) is 0 Å². The Morgan fingerprint density at radius 3 is 2.61 bits per heavy atom. The van der Waals surface area contributed by atoms with Crippen molar-refractivity contribution in [2.45, 2.75) is 57.6 Å². The summed E-state index contributed by atoms with van der Waals surface area (Å²) in [5, 5.41) is 7.17. The van der Waals surface area contributed by atoms with Crippen molar-refractivity contribution in [2.24, 2.45) is 0 Å². The lowest BCUT2D eigenvalue weighted by atomic mass is 10.1. The average molecular weight is 472 g/mol. The summed E-state index contributed by atoms with van der Waals surface area (Å²) in [6.45, 7) is 2.21. The first-order valence-electron chi connectivity index (χ1n) is 11.4. The van der Waals surface area contributed by atoms with E-state index in [4.69, 9.17) is 25.8 Å². The van der Waals surface area contributed by atoms with Crippen LogP contribution in [-0.2, 0) is 4.74 Å². The first-order valence-corrected chi connectivity index (χ1v) is 11.7. The SMILES string of the molecule is COc1ccc(Nc2nc(NC3CCCCCC3)nc(OCC3C=CC=C(C)O3)n2)cc1Cl. The molecule has 9 heteroatoms. The van der Waals surface area contributed by atoms with Crippen molar-refractivity contribution in [1.82, 2.24) is 15.0 Å². The summed E-state index contributed by atoms with van der Waals surface area (Å²) in [6.07, 6.45) is 12.8. The van der Waals surface area contributed by atoms with Gasteiger partial charge in [0.1, 0.15) is 12.4 Å². The Balaban J connectivity index is 1.52. The van der Waals surface area contributed by atoms with Crippen LogP contribution in [0.4, 0.5) is 17.6 Å². The molecule has 4 rings (SSSR count). The maximum absolute atomic E-state index is 6.27. The highest BCUT2D eigenvalue weighted by molar-refractivity contribution is 6.32. The third-order valence-electron chi connectivity index (χ3n) is 5.58. The number of aromatic nitrogens is 3. The molecule has 176 valence electrons. The van der Waals surface area contributed by atoms with E-state index in [9.17, 15) is 0 Å². The molecule has 1 aromatic heterocycles. The number of rotatable bonds is 8. The summed E-state index contributed by atoms with van der Waals surface area (Å²) in [6, 6.07) is 5.97. The van der Waals surface area contributed by atoms with Crippen LogP contribution < -0.4 is 20.1 Å². The second kappa shape index (κ2) is 11.2. The molecular weight excluding hydrogens is 442 g/mol. The first-order chi connectivity index (χ1) is 16.1. The maximum atomic E-state index is 6.27. The zero-order valence-corrected chi connectivity index (χ0v) is 19.8. The lowest BCUT2D eigenvalue weighted by Gasteiger charge is -2.20. The molecule has 0 amide bonds. The smallest absolute Gasteiger partial charge is 0.323 e. The Labute approximate surface area is 199 Å². The molecule has 1 aromatic carbocycles. The van der Waals surface area contributed by atoms with Crippen LogP contribution in [-0.4, -0.2) is 40.8 Å². The number of hydrogen-bond donors (Lipinski definition) is 2. The second-order valence-corrected chi connectivity index (χ2v) is 8.61. The number of halogens is 1. The molecule has 0 saturated heterocycles. The summed E-state index contributed by atoms with van der Waals surface area (Å²) in [5.74, 6) is 2.30. The molecule has 2 aromatic rings. The Hall–Kier alpha value is -3.00. The van der Waals surface area contributed by atoms with Crippen molar-refractivity contribution in [3.63, 3.8) is 0 Å². The fraction of sp³-hybridized carbons (Fsp3) is 0.458. The Morgan fingerprint density at radius 1 is 1.09 bits per heavy atom. The van der Waals surface area contributed by atoms with Crippen molar-refractivity contribution < 1.29 is 14.2 Å². The molecule has 8 nitrogen and oxygen atoms in total. The van der Waals surface area contributed by atoms with E-state index in [-0.39, 0.29) is 12.1 Å². The minimum atomic E-state index is -0.193. The third-order valence-corrected chi connectivity index (χ3v) is 5.88. The highest BCUT2D eigenvalue weighted by Crippen LogP contribution is 2.29. The molecule has 33 heavy (non-hydrogen) atoms. The van der Waals surface area contributed by atoms with Gasteiger partial charge in [-0.1, -0.05) is 43.4 Å². The highest BCUT2D eigenvalue weighted by atomic mass is 35.5. The van der Waals surface area contributed by atoms with Crippen LogP contribution in [0, 0.1) is 0 Å². The standard InChI is InChI=1S/C24H30ClN5O3/c1-16-8-7-11-19(33-16)15-32-24-29-22(26-17-9-5-3-4-6-10-17)28-23(30-24)27-18-12-13-21(31-2)20(25)14-18/h7-8,11-14,17,19H,3-6,9-10,15H2,1-2H3,(H2,26,27,28,29,30). The van der Waals surface area contributed by atoms with Gasteiger partial charge in [-0.2, -0.15) is 15.0 Å². The van der Waals surface area contributed by atoms with Crippen molar-refractivity contribution in [3.05, 3.63) is 47.2 Å². The molecule has 1 unspecified atom stereocenters. The molecule has 0 bridgehead atoms. The molecule has 0 spiro atoms. The van der Waals surface area contributed by atoms with Gasteiger partial charge < -0.3 is 24.8 Å². The van der Waals surface area contributed by atoms with Crippen LogP contribution in [0.2, 0.25) is 5.02 Å². The van der Waals surface area contributed by atoms with Gasteiger partial charge in [0.15, 0.2) is 6.10 Å². The molecular formula is C24H30ClN5O3. The van der Waals surface area contributed by atoms with E-state index < -0.39 is 0 Å². The molecule has 1 fully saturated rings. The fourth-order valence-corrected chi connectivity index (χ4v) is 4.16. The van der Waals surface area contributed by atoms with Crippen molar-refractivity contribution in [3.8, 4) is 11.8 Å². The van der Waals surface area contributed by atoms with Gasteiger partial charge in [-0.15, -0.1) is 0 Å². The van der Waals surface area contributed by atoms with Gasteiger partial charge in [-0.3, -0.25) is 0 Å². The minimum absolute atomic E-state index is 0.193. The molecule has 2 heterocycles. The second-order valence-electron chi connectivity index (χ2n) is 8.20. The van der Waals surface area contributed by atoms with Gasteiger partial charge in [0.05, 0.1) is 17.9 Å². The number of hydrogen-bond acceptors (Lipinski definition) is 8. The van der Waals surface area contributed by atoms with E-state index in [2.05, 4.69) is 25.6 Å². The van der Waals surface area contributed by atoms with Gasteiger partial charge >= 0.3 is 6.01 Å². The molecule has 1 saturated carbocycles. The van der Waals surface area contributed by atoms with Gasteiger partial charge in [-0.25, -0.2) is 0 Å². The third kappa shape index (κ3) is 6.74. The predicted octanol–water partition coefficient (Wildman–Crippen LogP) is 5.65. The van der Waals surface area contributed by atoms with Crippen LogP contribution >= 0.6 is 11.6 Å². The van der Waals surface area contributed by atoms with Gasteiger partial charge in [0.2, 0.25) is 11.9 Å². The lowest BCUT2D eigenvalue weighted by Crippen LogP contribution is -2.23. The quantitative estimate of drug-likeness (QED) is 0.477. The van der Waals surface area contributed by atoms with E-state index in [0.29, 0.717) is 35.3 Å². The zero-order chi connectivity index (χ0) is 23.0. The Morgan fingerprint density at radius 2 is 1.88 bits per heavy atom. The van der Waals surface area contributed by atoms with Crippen LogP contribution in [0.5, 0.6) is 11.8 Å². The van der Waals surface area contributed by atoms with Crippen molar-refractivity contribution >= 4 is 29.2 Å². The normalized spacial score (nSPS) is 18.6. The molecule has 1 aliphatic heterocycles. The minimum Gasteiger partial charge on any atom is -0.495 e. The maximum Gasteiger partial charge on any atom is 0.323 e. The zero-order valence-electron chi connectivity index (χ0n) is 19.0. The fourth-order valence-electron chi connectivity index (χ4n) is 3.90. The van der Waals surface area contributed by atoms with E-state index in [1.165, 1.54) is 25.7 Å². The first kappa shape index (κ1) is 23.2. The molecule has 2 N–H and O–H groups in total. The summed E-state index contributed by atoms with van der Waals surface area (Å²) < 4.78 is 16.9. The Kier molecular flexibility index (Phi) is 7.88. The van der Waals surface area contributed by atoms with Gasteiger partial charge in [0, 0.05) is 11.7 Å². The molecule has 1 atom stereocenters. The number of ether oxygens (including phenoxy) is 3.